The van der Waals surface area contributed by atoms with Gasteiger partial charge in [0.25, 0.3) is 0 Å². The quantitative estimate of drug-likeness (QED) is 0.491. The minimum absolute atomic E-state index is 0.0434. The Morgan fingerprint density at radius 3 is 2.58 bits per heavy atom. The van der Waals surface area contributed by atoms with E-state index in [1.165, 1.54) is 13.0 Å². The highest BCUT2D eigenvalue weighted by atomic mass is 79.9. The number of rotatable bonds is 4. The Morgan fingerprint density at radius 2 is 1.97 bits per heavy atom. The maximum atomic E-state index is 13.5. The average Bonchev–Trinajstić information content (AvgIpc) is 2.90. The van der Waals surface area contributed by atoms with Crippen molar-refractivity contribution in [2.45, 2.75) is 38.7 Å². The molecule has 0 bridgehead atoms. The van der Waals surface area contributed by atoms with Crippen LogP contribution in [0.1, 0.15) is 33.3 Å². The van der Waals surface area contributed by atoms with Crippen molar-refractivity contribution in [3.8, 4) is 0 Å². The zero-order chi connectivity index (χ0) is 23.1. The lowest BCUT2D eigenvalue weighted by Crippen LogP contribution is -2.49. The van der Waals surface area contributed by atoms with Crippen LogP contribution in [-0.4, -0.2) is 30.1 Å². The number of halogens is 1. The van der Waals surface area contributed by atoms with Crippen LogP contribution in [0.2, 0.25) is 0 Å². The van der Waals surface area contributed by atoms with Crippen molar-refractivity contribution < 1.29 is 28.6 Å². The zero-order valence-corrected chi connectivity index (χ0v) is 19.2. The van der Waals surface area contributed by atoms with Crippen LogP contribution >= 0.6 is 15.9 Å². The van der Waals surface area contributed by atoms with Crippen molar-refractivity contribution in [2.24, 2.45) is 5.73 Å². The normalized spacial score (nSPS) is 20.2. The number of carbonyl (C=O) groups excluding carboxylic acids is 3. The van der Waals surface area contributed by atoms with Crippen LogP contribution in [0.3, 0.4) is 0 Å². The van der Waals surface area contributed by atoms with Crippen molar-refractivity contribution in [3.05, 3.63) is 63.7 Å². The van der Waals surface area contributed by atoms with Gasteiger partial charge in [-0.2, -0.15) is 0 Å². The number of amides is 1. The van der Waals surface area contributed by atoms with E-state index in [2.05, 4.69) is 27.8 Å². The molecule has 164 valence electrons. The second-order valence-corrected chi connectivity index (χ2v) is 8.97. The molecule has 1 aromatic rings. The van der Waals surface area contributed by atoms with Crippen molar-refractivity contribution in [2.75, 3.05) is 11.9 Å². The Hall–Kier alpha value is -3.07. The van der Waals surface area contributed by atoms with Gasteiger partial charge in [-0.05, 0) is 45.9 Å². The van der Waals surface area contributed by atoms with E-state index in [-0.39, 0.29) is 29.4 Å². The summed E-state index contributed by atoms with van der Waals surface area (Å²) in [5.74, 6) is -2.64. The minimum Gasteiger partial charge on any atom is -0.458 e. The first-order chi connectivity index (χ1) is 14.4. The van der Waals surface area contributed by atoms with Crippen LogP contribution in [0.5, 0.6) is 0 Å². The minimum atomic E-state index is -1.91. The van der Waals surface area contributed by atoms with Crippen LogP contribution in [-0.2, 0) is 34.0 Å². The van der Waals surface area contributed by atoms with Gasteiger partial charge in [0.15, 0.2) is 0 Å². The largest absolute Gasteiger partial charge is 0.458 e. The fraction of sp³-hybridized carbons (Fsp3) is 0.318. The third-order valence-corrected chi connectivity index (χ3v) is 5.22. The molecule has 1 spiro atoms. The predicted octanol–water partition coefficient (Wildman–Crippen LogP) is 3.18. The van der Waals surface area contributed by atoms with Crippen LogP contribution in [0, 0.1) is 0 Å². The number of benzene rings is 1. The number of nitrogens with one attached hydrogen (secondary N) is 1. The van der Waals surface area contributed by atoms with E-state index < -0.39 is 28.9 Å². The van der Waals surface area contributed by atoms with Gasteiger partial charge in [0.2, 0.25) is 11.8 Å². The Balaban J connectivity index is 2.35. The lowest BCUT2D eigenvalue weighted by molar-refractivity contribution is -0.152. The van der Waals surface area contributed by atoms with Crippen LogP contribution in [0.4, 0.5) is 5.69 Å². The first-order valence-electron chi connectivity index (χ1n) is 9.45. The summed E-state index contributed by atoms with van der Waals surface area (Å²) in [6, 6.07) is 5.03. The Bertz CT molecular complexity index is 1070. The molecule has 0 aromatic heterocycles. The summed E-state index contributed by atoms with van der Waals surface area (Å²) < 4.78 is 17.0. The zero-order valence-electron chi connectivity index (χ0n) is 17.6. The molecule has 1 atom stereocenters. The molecular weight excluding hydrogens is 468 g/mol. The SMILES string of the molecule is C=CCOC(=O)C1=C(C)OC(N)=C(C(=O)OC(C)(C)C)C12C(=O)Nc1ccc(Br)cc12. The Labute approximate surface area is 188 Å². The molecule has 2 aliphatic rings. The second kappa shape index (κ2) is 7.88. The van der Waals surface area contributed by atoms with Crippen molar-refractivity contribution in [3.63, 3.8) is 0 Å². The van der Waals surface area contributed by atoms with E-state index in [0.717, 1.165) is 0 Å². The molecule has 1 aromatic carbocycles. The smallest absolute Gasteiger partial charge is 0.341 e. The number of allylic oxidation sites excluding steroid dienone is 1. The standard InChI is InChI=1S/C22H23BrN2O6/c1-6-9-29-18(26)15-11(2)30-17(24)16(19(27)31-21(3,4)5)22(15)13-10-12(23)7-8-14(13)25-20(22)28/h6-8,10H,1,9,24H2,2-5H3,(H,25,28). The highest BCUT2D eigenvalue weighted by Crippen LogP contribution is 2.53. The molecule has 2 aliphatic heterocycles. The number of esters is 2. The summed E-state index contributed by atoms with van der Waals surface area (Å²) in [5, 5.41) is 2.74. The molecular formula is C22H23BrN2O6. The summed E-state index contributed by atoms with van der Waals surface area (Å²) >= 11 is 3.39. The predicted molar refractivity (Wildman–Crippen MR) is 116 cm³/mol. The number of anilines is 1. The van der Waals surface area contributed by atoms with E-state index in [9.17, 15) is 14.4 Å². The first kappa shape index (κ1) is 22.6. The molecule has 0 fully saturated rings. The Morgan fingerprint density at radius 1 is 1.29 bits per heavy atom. The molecule has 2 heterocycles. The first-order valence-corrected chi connectivity index (χ1v) is 10.2. The molecule has 3 rings (SSSR count). The third-order valence-electron chi connectivity index (χ3n) is 4.73. The van der Waals surface area contributed by atoms with Gasteiger partial charge >= 0.3 is 11.9 Å². The van der Waals surface area contributed by atoms with Gasteiger partial charge in [0, 0.05) is 15.7 Å². The average molecular weight is 491 g/mol. The number of fused-ring (bicyclic) bond motifs is 2. The van der Waals surface area contributed by atoms with Crippen molar-refractivity contribution in [1.82, 2.24) is 0 Å². The molecule has 0 radical (unpaired) electrons. The molecule has 1 unspecified atom stereocenters. The molecule has 0 aliphatic carbocycles. The van der Waals surface area contributed by atoms with Crippen LogP contribution < -0.4 is 11.1 Å². The summed E-state index contributed by atoms with van der Waals surface area (Å²) in [6.07, 6.45) is 1.39. The summed E-state index contributed by atoms with van der Waals surface area (Å²) in [7, 11) is 0. The lowest BCUT2D eigenvalue weighted by atomic mass is 9.67. The number of hydrogen-bond donors (Lipinski definition) is 2. The maximum absolute atomic E-state index is 13.5. The monoisotopic (exact) mass is 490 g/mol. The highest BCUT2D eigenvalue weighted by Gasteiger charge is 2.62. The summed E-state index contributed by atoms with van der Waals surface area (Å²) in [5.41, 5.74) is 3.66. The Kier molecular flexibility index (Phi) is 5.75. The molecule has 3 N–H and O–H groups in total. The highest BCUT2D eigenvalue weighted by molar-refractivity contribution is 9.10. The van der Waals surface area contributed by atoms with Gasteiger partial charge < -0.3 is 25.3 Å². The molecule has 9 heteroatoms. The number of hydrogen-bond acceptors (Lipinski definition) is 7. The fourth-order valence-electron chi connectivity index (χ4n) is 3.70. The van der Waals surface area contributed by atoms with Gasteiger partial charge in [-0.1, -0.05) is 28.6 Å². The van der Waals surface area contributed by atoms with Crippen molar-refractivity contribution in [1.29, 1.82) is 0 Å². The third kappa shape index (κ3) is 3.74. The van der Waals surface area contributed by atoms with Gasteiger partial charge in [-0.3, -0.25) is 4.79 Å². The van der Waals surface area contributed by atoms with Crippen LogP contribution in [0.15, 0.2) is 58.1 Å². The number of ether oxygens (including phenoxy) is 3. The molecule has 0 saturated heterocycles. The second-order valence-electron chi connectivity index (χ2n) is 8.06. The lowest BCUT2D eigenvalue weighted by Gasteiger charge is -2.36. The fourth-order valence-corrected chi connectivity index (χ4v) is 4.06. The topological polar surface area (TPSA) is 117 Å². The van der Waals surface area contributed by atoms with Gasteiger partial charge in [0.05, 0.1) is 0 Å². The van der Waals surface area contributed by atoms with E-state index in [1.54, 1.807) is 39.0 Å². The van der Waals surface area contributed by atoms with E-state index in [0.29, 0.717) is 15.7 Å². The molecule has 31 heavy (non-hydrogen) atoms. The van der Waals surface area contributed by atoms with Crippen molar-refractivity contribution >= 4 is 39.5 Å². The molecule has 1 amide bonds. The number of carbonyl (C=O) groups is 3. The number of nitrogens with two attached hydrogens (primary N) is 1. The van der Waals surface area contributed by atoms with E-state index in [4.69, 9.17) is 19.9 Å². The molecule has 8 nitrogen and oxygen atoms in total. The van der Waals surface area contributed by atoms with Gasteiger partial charge in [-0.25, -0.2) is 9.59 Å². The maximum Gasteiger partial charge on any atom is 0.341 e. The van der Waals surface area contributed by atoms with E-state index in [1.807, 2.05) is 0 Å². The van der Waals surface area contributed by atoms with Gasteiger partial charge in [0.1, 0.15) is 34.5 Å². The van der Waals surface area contributed by atoms with Crippen LogP contribution in [0.25, 0.3) is 0 Å². The van der Waals surface area contributed by atoms with E-state index >= 15 is 0 Å². The summed E-state index contributed by atoms with van der Waals surface area (Å²) in [4.78, 5) is 39.9. The summed E-state index contributed by atoms with van der Waals surface area (Å²) in [6.45, 7) is 9.95. The van der Waals surface area contributed by atoms with Gasteiger partial charge in [-0.15, -0.1) is 0 Å². The molecule has 0 saturated carbocycles.